The van der Waals surface area contributed by atoms with Crippen molar-refractivity contribution in [1.82, 2.24) is 15.1 Å². The maximum absolute atomic E-state index is 13.4. The van der Waals surface area contributed by atoms with E-state index in [0.29, 0.717) is 42.2 Å². The lowest BCUT2D eigenvalue weighted by Crippen LogP contribution is -2.58. The van der Waals surface area contributed by atoms with Crippen LogP contribution in [0, 0.1) is 11.3 Å². The van der Waals surface area contributed by atoms with E-state index >= 15 is 0 Å². The van der Waals surface area contributed by atoms with Gasteiger partial charge in [-0.05, 0) is 147 Å². The average molecular weight is 791 g/mol. The molecule has 2 aliphatic carbocycles. The van der Waals surface area contributed by atoms with Gasteiger partial charge < -0.3 is 24.5 Å². The molecule has 4 aromatic carbocycles. The van der Waals surface area contributed by atoms with E-state index < -0.39 is 6.04 Å². The lowest BCUT2D eigenvalue weighted by molar-refractivity contribution is -0.136. The zero-order chi connectivity index (χ0) is 39.9. The minimum absolute atomic E-state index is 0.0232. The van der Waals surface area contributed by atoms with Gasteiger partial charge in [-0.15, -0.1) is 0 Å². The number of phenols is 1. The summed E-state index contributed by atoms with van der Waals surface area (Å²) in [5, 5.41) is 12.7. The number of hydrogen-bond acceptors (Lipinski definition) is 7. The zero-order valence-corrected chi connectivity index (χ0v) is 33.8. The predicted octanol–water partition coefficient (Wildman–Crippen LogP) is 7.44. The van der Waals surface area contributed by atoms with E-state index in [9.17, 15) is 19.5 Å². The number of imide groups is 1. The number of carbonyl (C=O) groups excluding carboxylic acids is 3. The number of hydrogen-bond donors (Lipinski definition) is 2. The van der Waals surface area contributed by atoms with Gasteiger partial charge in [0.1, 0.15) is 17.5 Å². The number of piperidine rings is 2. The molecule has 9 heteroatoms. The Kier molecular flexibility index (Phi) is 8.91. The molecule has 0 aromatic heterocycles. The molecule has 59 heavy (non-hydrogen) atoms. The molecule has 3 atom stereocenters. The Labute approximate surface area is 346 Å². The third kappa shape index (κ3) is 6.42. The Bertz CT molecular complexity index is 2300. The van der Waals surface area contributed by atoms with E-state index in [1.165, 1.54) is 65.7 Å². The summed E-state index contributed by atoms with van der Waals surface area (Å²) in [6.45, 7) is 6.69. The minimum atomic E-state index is -0.603. The topological polar surface area (TPSA) is 102 Å². The summed E-state index contributed by atoms with van der Waals surface area (Å²) in [5.41, 5.74) is 9.97. The standard InChI is InChI=1S/C50H54N4O5/c55-38-11-13-40-35(24-38)8-12-39(33-4-2-1-3-5-33)46(40)34-6-9-37(10-7-34)53-29-49(30-53)18-16-32(17-19-49)27-52-22-20-50(21-23-52)31-59-44-26-41-36(25-42(44)50)28-54(48(41)58)43-14-15-45(56)51-47(43)57/h1-7,9-11,13,24-26,32,39,43,46,55H,8,12,14-23,27-31H2,(H,51,56,57)/t39-,43+,46+/m1/s1. The number of anilines is 1. The number of amides is 3. The van der Waals surface area contributed by atoms with Gasteiger partial charge in [0.05, 0.1) is 6.61 Å². The smallest absolute Gasteiger partial charge is 0.255 e. The average Bonchev–Trinajstić information content (AvgIpc) is 3.75. The van der Waals surface area contributed by atoms with Crippen molar-refractivity contribution in [2.45, 2.75) is 94.0 Å². The van der Waals surface area contributed by atoms with Crippen molar-refractivity contribution in [2.24, 2.45) is 11.3 Å². The summed E-state index contributed by atoms with van der Waals surface area (Å²) in [6.07, 6.45) is 10.0. The molecule has 4 fully saturated rings. The first kappa shape index (κ1) is 36.9. The summed E-state index contributed by atoms with van der Waals surface area (Å²) in [7, 11) is 0. The summed E-state index contributed by atoms with van der Waals surface area (Å²) in [5.74, 6) is 1.84. The van der Waals surface area contributed by atoms with Gasteiger partial charge in [0.25, 0.3) is 5.91 Å². The third-order valence-corrected chi connectivity index (χ3v) is 15.7. The number of ether oxygens (including phenoxy) is 1. The van der Waals surface area contributed by atoms with Crippen molar-refractivity contribution < 1.29 is 24.2 Å². The fourth-order valence-corrected chi connectivity index (χ4v) is 12.3. The van der Waals surface area contributed by atoms with E-state index in [0.717, 1.165) is 69.1 Å². The molecule has 2 spiro atoms. The van der Waals surface area contributed by atoms with Crippen molar-refractivity contribution in [1.29, 1.82) is 0 Å². The summed E-state index contributed by atoms with van der Waals surface area (Å²) in [4.78, 5) is 44.6. The molecule has 3 amide bonds. The number of nitrogens with zero attached hydrogens (tertiary/aromatic N) is 3. The van der Waals surface area contributed by atoms with Crippen molar-refractivity contribution in [3.63, 3.8) is 0 Å². The molecular weight excluding hydrogens is 737 g/mol. The highest BCUT2D eigenvalue weighted by Gasteiger charge is 2.48. The van der Waals surface area contributed by atoms with Crippen LogP contribution in [0.15, 0.2) is 84.9 Å². The molecule has 5 heterocycles. The van der Waals surface area contributed by atoms with Crippen LogP contribution in [0.1, 0.15) is 113 Å². The maximum atomic E-state index is 13.4. The second-order valence-electron chi connectivity index (χ2n) is 19.1. The molecule has 1 saturated carbocycles. The summed E-state index contributed by atoms with van der Waals surface area (Å²) < 4.78 is 6.29. The number of benzene rings is 4. The number of aryl methyl sites for hydroxylation is 1. The van der Waals surface area contributed by atoms with Gasteiger partial charge in [0.15, 0.2) is 0 Å². The molecule has 0 bridgehead atoms. The molecule has 7 aliphatic rings. The van der Waals surface area contributed by atoms with Crippen LogP contribution in [0.5, 0.6) is 11.5 Å². The fourth-order valence-electron chi connectivity index (χ4n) is 12.3. The number of fused-ring (bicyclic) bond motifs is 4. The number of aromatic hydroxyl groups is 1. The number of rotatable bonds is 6. The van der Waals surface area contributed by atoms with Crippen molar-refractivity contribution >= 4 is 23.4 Å². The molecule has 5 aliphatic heterocycles. The molecule has 304 valence electrons. The van der Waals surface area contributed by atoms with E-state index in [-0.39, 0.29) is 35.5 Å². The van der Waals surface area contributed by atoms with Crippen LogP contribution in [-0.4, -0.2) is 78.0 Å². The Morgan fingerprint density at radius 2 is 1.56 bits per heavy atom. The molecule has 2 N–H and O–H groups in total. The molecule has 9 nitrogen and oxygen atoms in total. The highest BCUT2D eigenvalue weighted by molar-refractivity contribution is 6.05. The van der Waals surface area contributed by atoms with Crippen LogP contribution in [0.3, 0.4) is 0 Å². The monoisotopic (exact) mass is 790 g/mol. The Morgan fingerprint density at radius 3 is 2.32 bits per heavy atom. The van der Waals surface area contributed by atoms with Crippen molar-refractivity contribution in [3.8, 4) is 11.5 Å². The van der Waals surface area contributed by atoms with E-state index in [1.807, 2.05) is 18.2 Å². The van der Waals surface area contributed by atoms with Crippen LogP contribution in [-0.2, 0) is 28.0 Å². The maximum Gasteiger partial charge on any atom is 0.255 e. The molecular formula is C50H54N4O5. The SMILES string of the molecule is O=C1CC[C@H](N2Cc3cc4c(cc3C2=O)OCC42CCN(CC3CCC4(CC3)CN(c3ccc([C@@H]5c6ccc(O)cc6CC[C@@H]5c5ccccc5)cc3)C4)CC2)C(=O)N1. The van der Waals surface area contributed by atoms with Crippen molar-refractivity contribution in [2.75, 3.05) is 44.2 Å². The minimum Gasteiger partial charge on any atom is -0.508 e. The second-order valence-corrected chi connectivity index (χ2v) is 19.1. The van der Waals surface area contributed by atoms with Gasteiger partial charge in [-0.2, -0.15) is 0 Å². The van der Waals surface area contributed by atoms with Crippen LogP contribution < -0.4 is 15.0 Å². The van der Waals surface area contributed by atoms with Gasteiger partial charge >= 0.3 is 0 Å². The first-order valence-corrected chi connectivity index (χ1v) is 22.1. The largest absolute Gasteiger partial charge is 0.508 e. The predicted molar refractivity (Wildman–Crippen MR) is 226 cm³/mol. The number of phenolic OH excluding ortho intramolecular Hbond substituents is 1. The highest BCUT2D eigenvalue weighted by Crippen LogP contribution is 2.51. The second kappa shape index (κ2) is 14.3. The van der Waals surface area contributed by atoms with Crippen molar-refractivity contribution in [3.05, 3.63) is 124 Å². The Hall–Kier alpha value is -5.15. The van der Waals surface area contributed by atoms with Gasteiger partial charge in [0, 0.05) is 66.2 Å². The van der Waals surface area contributed by atoms with Crippen LogP contribution in [0.25, 0.3) is 0 Å². The quantitative estimate of drug-likeness (QED) is 0.196. The van der Waals surface area contributed by atoms with E-state index in [2.05, 4.69) is 81.8 Å². The first-order chi connectivity index (χ1) is 28.7. The van der Waals surface area contributed by atoms with E-state index in [1.54, 1.807) is 4.90 Å². The van der Waals surface area contributed by atoms with Gasteiger partial charge in [-0.3, -0.25) is 19.7 Å². The fraction of sp³-hybridized carbons (Fsp3) is 0.460. The summed E-state index contributed by atoms with van der Waals surface area (Å²) >= 11 is 0. The van der Waals surface area contributed by atoms with Crippen LogP contribution >= 0.6 is 0 Å². The zero-order valence-electron chi connectivity index (χ0n) is 33.8. The lowest BCUT2D eigenvalue weighted by Gasteiger charge is -2.55. The van der Waals surface area contributed by atoms with E-state index in [4.69, 9.17) is 4.74 Å². The lowest BCUT2D eigenvalue weighted by atomic mass is 9.65. The Morgan fingerprint density at radius 1 is 0.780 bits per heavy atom. The van der Waals surface area contributed by atoms with Gasteiger partial charge in [0.2, 0.25) is 11.8 Å². The van der Waals surface area contributed by atoms with Crippen LogP contribution in [0.4, 0.5) is 5.69 Å². The number of nitrogens with one attached hydrogen (secondary N) is 1. The number of likely N-dealkylation sites (tertiary alicyclic amines) is 1. The summed E-state index contributed by atoms with van der Waals surface area (Å²) in [6, 6.07) is 29.9. The first-order valence-electron chi connectivity index (χ1n) is 22.1. The molecule has 0 unspecified atom stereocenters. The molecule has 4 aromatic rings. The Balaban J connectivity index is 0.684. The number of carbonyl (C=O) groups is 3. The van der Waals surface area contributed by atoms with Gasteiger partial charge in [-0.1, -0.05) is 48.5 Å². The third-order valence-electron chi connectivity index (χ3n) is 15.7. The molecule has 11 rings (SSSR count). The van der Waals surface area contributed by atoms with Crippen LogP contribution in [0.2, 0.25) is 0 Å². The normalized spacial score (nSPS) is 26.0. The highest BCUT2D eigenvalue weighted by atomic mass is 16.5. The molecule has 3 saturated heterocycles. The van der Waals surface area contributed by atoms with Gasteiger partial charge in [-0.25, -0.2) is 0 Å². The molecule has 0 radical (unpaired) electrons.